The highest BCUT2D eigenvalue weighted by Gasteiger charge is 2.40. The second-order valence-electron chi connectivity index (χ2n) is 6.74. The van der Waals surface area contributed by atoms with Gasteiger partial charge in [0.25, 0.3) is 11.8 Å². The third-order valence-electron chi connectivity index (χ3n) is 4.88. The molecule has 0 aliphatic carbocycles. The number of benzene rings is 3. The maximum absolute atomic E-state index is 13.4. The van der Waals surface area contributed by atoms with Crippen molar-refractivity contribution >= 4 is 40.4 Å². The van der Waals surface area contributed by atoms with E-state index in [0.29, 0.717) is 33.5 Å². The van der Waals surface area contributed by atoms with Gasteiger partial charge in [0, 0.05) is 11.8 Å². The molecule has 0 bridgehead atoms. The molecule has 1 N–H and O–H groups in total. The van der Waals surface area contributed by atoms with Crippen molar-refractivity contribution in [2.24, 2.45) is 0 Å². The summed E-state index contributed by atoms with van der Waals surface area (Å²) in [6, 6.07) is 20.9. The smallest absolute Gasteiger partial charge is 0.282 e. The largest absolute Gasteiger partial charge is 0.497 e. The van der Waals surface area contributed by atoms with Crippen LogP contribution in [0.2, 0.25) is 5.02 Å². The van der Waals surface area contributed by atoms with Crippen LogP contribution in [0.5, 0.6) is 11.5 Å². The lowest BCUT2D eigenvalue weighted by Gasteiger charge is -2.16. The summed E-state index contributed by atoms with van der Waals surface area (Å²) in [6.45, 7) is 0. The highest BCUT2D eigenvalue weighted by molar-refractivity contribution is 6.46. The van der Waals surface area contributed by atoms with Crippen LogP contribution in [0.15, 0.2) is 78.5 Å². The van der Waals surface area contributed by atoms with Crippen LogP contribution in [0.1, 0.15) is 5.56 Å². The highest BCUT2D eigenvalue weighted by atomic mass is 35.5. The SMILES string of the molecule is COc1cccc(N2C(=O)C(Nc3ccc(OC)c(Cl)c3)=C(c3ccccc3)C2=O)c1. The number of halogens is 1. The molecule has 156 valence electrons. The van der Waals surface area contributed by atoms with Crippen LogP contribution in [0.25, 0.3) is 5.57 Å². The van der Waals surface area contributed by atoms with Crippen LogP contribution in [-0.2, 0) is 9.59 Å². The van der Waals surface area contributed by atoms with Crippen molar-refractivity contribution in [1.82, 2.24) is 0 Å². The Morgan fingerprint density at radius 1 is 0.839 bits per heavy atom. The molecule has 2 amide bonds. The Balaban J connectivity index is 1.79. The molecule has 0 saturated carbocycles. The Morgan fingerprint density at radius 2 is 1.61 bits per heavy atom. The lowest BCUT2D eigenvalue weighted by molar-refractivity contribution is -0.120. The summed E-state index contributed by atoms with van der Waals surface area (Å²) in [6.07, 6.45) is 0. The quantitative estimate of drug-likeness (QED) is 0.567. The number of carbonyl (C=O) groups excluding carboxylic acids is 2. The minimum Gasteiger partial charge on any atom is -0.497 e. The maximum Gasteiger partial charge on any atom is 0.282 e. The number of hydrogen-bond donors (Lipinski definition) is 1. The minimum atomic E-state index is -0.468. The van der Waals surface area contributed by atoms with Gasteiger partial charge in [-0.1, -0.05) is 48.0 Å². The van der Waals surface area contributed by atoms with Crippen molar-refractivity contribution < 1.29 is 19.1 Å². The fourth-order valence-electron chi connectivity index (χ4n) is 3.39. The van der Waals surface area contributed by atoms with E-state index >= 15 is 0 Å². The number of ether oxygens (including phenoxy) is 2. The van der Waals surface area contributed by atoms with Gasteiger partial charge >= 0.3 is 0 Å². The van der Waals surface area contributed by atoms with Crippen LogP contribution in [0.4, 0.5) is 11.4 Å². The number of rotatable bonds is 6. The molecule has 7 heteroatoms. The number of anilines is 2. The lowest BCUT2D eigenvalue weighted by atomic mass is 10.0. The summed E-state index contributed by atoms with van der Waals surface area (Å²) in [5.74, 6) is 0.162. The minimum absolute atomic E-state index is 0.167. The standard InChI is InChI=1S/C24H19ClN2O4/c1-30-18-10-6-9-17(14-18)27-23(28)21(15-7-4-3-5-8-15)22(24(27)29)26-16-11-12-20(31-2)19(25)13-16/h3-14,26H,1-2H3. The summed E-state index contributed by atoms with van der Waals surface area (Å²) in [4.78, 5) is 27.9. The summed E-state index contributed by atoms with van der Waals surface area (Å²) in [5.41, 5.74) is 2.06. The van der Waals surface area contributed by atoms with Crippen LogP contribution in [-0.4, -0.2) is 26.0 Å². The Hall–Kier alpha value is -3.77. The second kappa shape index (κ2) is 8.53. The number of imide groups is 1. The molecule has 3 aromatic rings. The van der Waals surface area contributed by atoms with Crippen molar-refractivity contribution in [3.63, 3.8) is 0 Å². The van der Waals surface area contributed by atoms with Gasteiger partial charge in [-0.05, 0) is 35.9 Å². The Kier molecular flexibility index (Phi) is 5.64. The summed E-state index contributed by atoms with van der Waals surface area (Å²) < 4.78 is 10.4. The molecule has 0 atom stereocenters. The van der Waals surface area contributed by atoms with E-state index in [9.17, 15) is 9.59 Å². The molecule has 0 saturated heterocycles. The summed E-state index contributed by atoms with van der Waals surface area (Å²) in [7, 11) is 3.05. The molecule has 1 aliphatic rings. The lowest BCUT2D eigenvalue weighted by Crippen LogP contribution is -2.32. The van der Waals surface area contributed by atoms with E-state index < -0.39 is 11.8 Å². The van der Waals surface area contributed by atoms with Gasteiger partial charge in [0.2, 0.25) is 0 Å². The zero-order valence-electron chi connectivity index (χ0n) is 16.9. The van der Waals surface area contributed by atoms with Gasteiger partial charge in [0.05, 0.1) is 30.5 Å². The molecule has 3 aromatic carbocycles. The van der Waals surface area contributed by atoms with E-state index in [-0.39, 0.29) is 11.3 Å². The summed E-state index contributed by atoms with van der Waals surface area (Å²) in [5, 5.41) is 3.47. The van der Waals surface area contributed by atoms with Gasteiger partial charge in [-0.2, -0.15) is 0 Å². The van der Waals surface area contributed by atoms with Gasteiger partial charge < -0.3 is 14.8 Å². The van der Waals surface area contributed by atoms with Crippen LogP contribution in [0.3, 0.4) is 0 Å². The molecule has 0 aromatic heterocycles. The third-order valence-corrected chi connectivity index (χ3v) is 5.17. The molecular weight excluding hydrogens is 416 g/mol. The molecule has 0 unspecified atom stereocenters. The van der Waals surface area contributed by atoms with Crippen molar-refractivity contribution in [3.05, 3.63) is 89.1 Å². The van der Waals surface area contributed by atoms with Crippen molar-refractivity contribution in [1.29, 1.82) is 0 Å². The predicted molar refractivity (Wildman–Crippen MR) is 120 cm³/mol. The van der Waals surface area contributed by atoms with Crippen LogP contribution in [0, 0.1) is 0 Å². The van der Waals surface area contributed by atoms with Gasteiger partial charge in [-0.25, -0.2) is 4.90 Å². The van der Waals surface area contributed by atoms with E-state index in [1.807, 2.05) is 18.2 Å². The van der Waals surface area contributed by atoms with Crippen molar-refractivity contribution in [2.45, 2.75) is 0 Å². The first-order valence-electron chi connectivity index (χ1n) is 9.46. The van der Waals surface area contributed by atoms with Crippen molar-refractivity contribution in [3.8, 4) is 11.5 Å². The van der Waals surface area contributed by atoms with E-state index in [1.165, 1.54) is 14.2 Å². The number of hydrogen-bond acceptors (Lipinski definition) is 5. The molecule has 6 nitrogen and oxygen atoms in total. The van der Waals surface area contributed by atoms with E-state index in [1.54, 1.807) is 54.6 Å². The number of amides is 2. The number of nitrogens with zero attached hydrogens (tertiary/aromatic N) is 1. The third kappa shape index (κ3) is 3.85. The second-order valence-corrected chi connectivity index (χ2v) is 7.14. The maximum atomic E-state index is 13.4. The number of nitrogens with one attached hydrogen (secondary N) is 1. The van der Waals surface area contributed by atoms with E-state index in [2.05, 4.69) is 5.32 Å². The molecule has 1 aliphatic heterocycles. The average Bonchev–Trinajstić information content (AvgIpc) is 3.03. The predicted octanol–water partition coefficient (Wildman–Crippen LogP) is 4.75. The zero-order chi connectivity index (χ0) is 22.0. The summed E-state index contributed by atoms with van der Waals surface area (Å²) >= 11 is 6.23. The molecule has 31 heavy (non-hydrogen) atoms. The monoisotopic (exact) mass is 434 g/mol. The Morgan fingerprint density at radius 3 is 2.29 bits per heavy atom. The Bertz CT molecular complexity index is 1190. The number of carbonyl (C=O) groups is 2. The van der Waals surface area contributed by atoms with Crippen molar-refractivity contribution in [2.75, 3.05) is 24.4 Å². The first-order chi connectivity index (χ1) is 15.0. The molecule has 1 heterocycles. The number of methoxy groups -OCH3 is 2. The van der Waals surface area contributed by atoms with Gasteiger partial charge in [-0.15, -0.1) is 0 Å². The average molecular weight is 435 g/mol. The topological polar surface area (TPSA) is 67.9 Å². The fraction of sp³-hybridized carbons (Fsp3) is 0.0833. The molecule has 4 rings (SSSR count). The van der Waals surface area contributed by atoms with E-state index in [4.69, 9.17) is 21.1 Å². The molecule has 0 radical (unpaired) electrons. The van der Waals surface area contributed by atoms with Gasteiger partial charge in [0.1, 0.15) is 17.2 Å². The molecular formula is C24H19ClN2O4. The van der Waals surface area contributed by atoms with Gasteiger partial charge in [0.15, 0.2) is 0 Å². The molecule has 0 spiro atoms. The van der Waals surface area contributed by atoms with Gasteiger partial charge in [-0.3, -0.25) is 9.59 Å². The highest BCUT2D eigenvalue weighted by Crippen LogP contribution is 2.36. The van der Waals surface area contributed by atoms with Crippen LogP contribution >= 0.6 is 11.6 Å². The normalized spacial score (nSPS) is 13.6. The first kappa shape index (κ1) is 20.5. The zero-order valence-corrected chi connectivity index (χ0v) is 17.6. The molecule has 0 fully saturated rings. The Labute approximate surface area is 184 Å². The van der Waals surface area contributed by atoms with Crippen LogP contribution < -0.4 is 19.7 Å². The first-order valence-corrected chi connectivity index (χ1v) is 9.84. The fourth-order valence-corrected chi connectivity index (χ4v) is 3.65. The van der Waals surface area contributed by atoms with E-state index in [0.717, 1.165) is 4.90 Å².